The summed E-state index contributed by atoms with van der Waals surface area (Å²) >= 11 is 0. The third kappa shape index (κ3) is 4.05. The van der Waals surface area contributed by atoms with Gasteiger partial charge in [-0.2, -0.15) is 0 Å². The molecule has 0 fully saturated rings. The molecule has 33 heavy (non-hydrogen) atoms. The molecule has 2 aromatic rings. The van der Waals surface area contributed by atoms with Crippen LogP contribution in [0.15, 0.2) is 54.1 Å². The Balaban J connectivity index is 1.86. The number of aliphatic hydroxyl groups is 1. The molecule has 2 aromatic carbocycles. The highest BCUT2D eigenvalue weighted by molar-refractivity contribution is 6.01. The fraction of sp³-hybridized carbons (Fsp3) is 0.370. The Morgan fingerprint density at radius 1 is 1.18 bits per heavy atom. The molecule has 1 amide bonds. The molecule has 2 heterocycles. The van der Waals surface area contributed by atoms with Crippen molar-refractivity contribution in [3.05, 3.63) is 70.8 Å². The molecule has 0 aromatic heterocycles. The van der Waals surface area contributed by atoms with Gasteiger partial charge in [0.1, 0.15) is 17.1 Å². The van der Waals surface area contributed by atoms with E-state index >= 15 is 0 Å². The normalized spacial score (nSPS) is 25.4. The van der Waals surface area contributed by atoms with Crippen LogP contribution in [0.1, 0.15) is 50.3 Å². The quantitative estimate of drug-likeness (QED) is 0.619. The lowest BCUT2D eigenvalue weighted by Gasteiger charge is -2.43. The number of carbonyl (C=O) groups is 1. The molecule has 0 radical (unpaired) electrons. The summed E-state index contributed by atoms with van der Waals surface area (Å²) in [5.41, 5.74) is 1.31. The van der Waals surface area contributed by atoms with Gasteiger partial charge in [-0.15, -0.1) is 0 Å². The van der Waals surface area contributed by atoms with Crippen molar-refractivity contribution in [1.82, 2.24) is 0 Å². The number of ether oxygens (including phenoxy) is 3. The van der Waals surface area contributed by atoms with Crippen LogP contribution in [-0.2, 0) is 15.1 Å². The Hall–Kier alpha value is -3.09. The van der Waals surface area contributed by atoms with Crippen LogP contribution in [0.4, 0.5) is 5.69 Å². The lowest BCUT2D eigenvalue weighted by molar-refractivity contribution is -0.142. The number of fused-ring (bicyclic) bond motifs is 3. The highest BCUT2D eigenvalue weighted by Crippen LogP contribution is 2.50. The number of benzene rings is 2. The molecule has 0 bridgehead atoms. The van der Waals surface area contributed by atoms with E-state index in [2.05, 4.69) is 31.3 Å². The van der Waals surface area contributed by atoms with Gasteiger partial charge in [-0.3, -0.25) is 4.79 Å². The van der Waals surface area contributed by atoms with Gasteiger partial charge in [0.2, 0.25) is 0 Å². The highest BCUT2D eigenvalue weighted by Gasteiger charge is 2.52. The minimum Gasteiger partial charge on any atom is -0.497 e. The number of hydrogen-bond acceptors (Lipinski definition) is 5. The minimum absolute atomic E-state index is 0.416. The average molecular weight is 450 g/mol. The highest BCUT2D eigenvalue weighted by atomic mass is 16.5. The van der Waals surface area contributed by atoms with E-state index in [-0.39, 0.29) is 0 Å². The maximum Gasteiger partial charge on any atom is 0.257 e. The lowest BCUT2D eigenvalue weighted by atomic mass is 9.76. The summed E-state index contributed by atoms with van der Waals surface area (Å²) in [6.45, 7) is 6.19. The minimum atomic E-state index is -1.75. The first-order valence-corrected chi connectivity index (χ1v) is 11.1. The summed E-state index contributed by atoms with van der Waals surface area (Å²) in [5, 5.41) is 15.1. The Morgan fingerprint density at radius 2 is 1.91 bits per heavy atom. The summed E-state index contributed by atoms with van der Waals surface area (Å²) in [6, 6.07) is 10.7. The molecule has 0 aliphatic carbocycles. The molecular weight excluding hydrogens is 418 g/mol. The molecule has 0 saturated heterocycles. The van der Waals surface area contributed by atoms with Crippen molar-refractivity contribution in [2.45, 2.75) is 50.9 Å². The van der Waals surface area contributed by atoms with E-state index in [4.69, 9.17) is 14.2 Å². The van der Waals surface area contributed by atoms with Crippen molar-refractivity contribution < 1.29 is 24.1 Å². The van der Waals surface area contributed by atoms with Crippen molar-refractivity contribution in [1.29, 1.82) is 0 Å². The Labute approximate surface area is 194 Å². The molecular formula is C27H31NO5. The number of hydrogen-bond donors (Lipinski definition) is 2. The largest absolute Gasteiger partial charge is 0.497 e. The second-order valence-corrected chi connectivity index (χ2v) is 9.07. The third-order valence-corrected chi connectivity index (χ3v) is 6.35. The first-order chi connectivity index (χ1) is 15.7. The number of allylic oxidation sites excluding steroid dienone is 2. The SMILES string of the molecule is COc1ccc([C@@]2(O)c3c(ccc4c3OC(C)(CCC=C(C)C)C=C4)NC(=O)[C@@H]2OC)cc1. The zero-order valence-electron chi connectivity index (χ0n) is 19.8. The molecule has 6 nitrogen and oxygen atoms in total. The molecule has 4 rings (SSSR count). The van der Waals surface area contributed by atoms with Crippen LogP contribution in [0.5, 0.6) is 11.5 Å². The van der Waals surface area contributed by atoms with Crippen LogP contribution in [0.2, 0.25) is 0 Å². The maximum atomic E-state index is 12.9. The number of rotatable bonds is 6. The number of carbonyl (C=O) groups excluding carboxylic acids is 1. The van der Waals surface area contributed by atoms with E-state index in [9.17, 15) is 9.90 Å². The van der Waals surface area contributed by atoms with Gasteiger partial charge in [-0.1, -0.05) is 29.9 Å². The fourth-order valence-electron chi connectivity index (χ4n) is 4.58. The zero-order valence-corrected chi connectivity index (χ0v) is 19.8. The number of amides is 1. The second-order valence-electron chi connectivity index (χ2n) is 9.07. The second kappa shape index (κ2) is 8.69. The van der Waals surface area contributed by atoms with E-state index in [1.54, 1.807) is 37.4 Å². The van der Waals surface area contributed by atoms with Gasteiger partial charge < -0.3 is 24.6 Å². The van der Waals surface area contributed by atoms with E-state index in [0.29, 0.717) is 28.3 Å². The smallest absolute Gasteiger partial charge is 0.257 e. The number of anilines is 1. The summed E-state index contributed by atoms with van der Waals surface area (Å²) < 4.78 is 17.4. The molecule has 2 aliphatic rings. The molecule has 0 saturated carbocycles. The van der Waals surface area contributed by atoms with Crippen molar-refractivity contribution >= 4 is 17.7 Å². The topological polar surface area (TPSA) is 77.0 Å². The molecule has 1 unspecified atom stereocenters. The van der Waals surface area contributed by atoms with Gasteiger partial charge in [0.15, 0.2) is 11.7 Å². The van der Waals surface area contributed by atoms with Crippen LogP contribution in [0.3, 0.4) is 0 Å². The molecule has 6 heteroatoms. The maximum absolute atomic E-state index is 12.9. The Kier molecular flexibility index (Phi) is 6.08. The van der Waals surface area contributed by atoms with Gasteiger partial charge in [0.25, 0.3) is 5.91 Å². The summed E-state index contributed by atoms with van der Waals surface area (Å²) in [7, 11) is 3.00. The van der Waals surface area contributed by atoms with Crippen LogP contribution < -0.4 is 14.8 Å². The van der Waals surface area contributed by atoms with Crippen LogP contribution in [-0.4, -0.2) is 36.9 Å². The molecule has 2 aliphatic heterocycles. The van der Waals surface area contributed by atoms with Crippen molar-refractivity contribution in [3.63, 3.8) is 0 Å². The van der Waals surface area contributed by atoms with Gasteiger partial charge in [-0.25, -0.2) is 0 Å². The average Bonchev–Trinajstić information content (AvgIpc) is 2.78. The van der Waals surface area contributed by atoms with Gasteiger partial charge in [0, 0.05) is 12.7 Å². The Bertz CT molecular complexity index is 1120. The van der Waals surface area contributed by atoms with Crippen molar-refractivity contribution in [2.24, 2.45) is 0 Å². The lowest BCUT2D eigenvalue weighted by Crippen LogP contribution is -2.53. The predicted octanol–water partition coefficient (Wildman–Crippen LogP) is 4.81. The first-order valence-electron chi connectivity index (χ1n) is 11.1. The molecule has 174 valence electrons. The van der Waals surface area contributed by atoms with E-state index < -0.39 is 23.2 Å². The van der Waals surface area contributed by atoms with Crippen LogP contribution in [0, 0.1) is 0 Å². The summed E-state index contributed by atoms with van der Waals surface area (Å²) in [4.78, 5) is 12.9. The molecule has 2 N–H and O–H groups in total. The van der Waals surface area contributed by atoms with E-state index in [1.807, 2.05) is 19.1 Å². The third-order valence-electron chi connectivity index (χ3n) is 6.35. The zero-order chi connectivity index (χ0) is 23.8. The summed E-state index contributed by atoms with van der Waals surface area (Å²) in [5.74, 6) is 0.786. The van der Waals surface area contributed by atoms with Gasteiger partial charge in [0.05, 0.1) is 18.4 Å². The van der Waals surface area contributed by atoms with E-state index in [0.717, 1.165) is 18.4 Å². The number of nitrogens with one attached hydrogen (secondary N) is 1. The monoisotopic (exact) mass is 449 g/mol. The standard InChI is InChI=1S/C27H31NO5/c1-17(2)7-6-15-26(3)16-14-18-8-13-21-22(23(18)33-26)27(30,24(32-5)25(29)28-21)19-9-11-20(31-4)12-10-19/h7-14,16,24,30H,6,15H2,1-5H3,(H,28,29)/t24-,26?,27+/m0/s1. The van der Waals surface area contributed by atoms with E-state index in [1.165, 1.54) is 12.7 Å². The fourth-order valence-corrected chi connectivity index (χ4v) is 4.58. The predicted molar refractivity (Wildman–Crippen MR) is 129 cm³/mol. The van der Waals surface area contributed by atoms with Gasteiger partial charge >= 0.3 is 0 Å². The summed E-state index contributed by atoms with van der Waals surface area (Å²) in [6.07, 6.45) is 6.76. The Morgan fingerprint density at radius 3 is 2.55 bits per heavy atom. The van der Waals surface area contributed by atoms with Crippen LogP contribution in [0.25, 0.3) is 6.08 Å². The molecule has 0 spiro atoms. The first kappa shape index (κ1) is 23.1. The van der Waals surface area contributed by atoms with Crippen LogP contribution >= 0.6 is 0 Å². The number of methoxy groups -OCH3 is 2. The van der Waals surface area contributed by atoms with Gasteiger partial charge in [-0.05, 0) is 69.5 Å². The van der Waals surface area contributed by atoms with Crippen molar-refractivity contribution in [2.75, 3.05) is 19.5 Å². The van der Waals surface area contributed by atoms with Crippen molar-refractivity contribution in [3.8, 4) is 11.5 Å². The molecule has 3 atom stereocenters.